The van der Waals surface area contributed by atoms with E-state index in [0.29, 0.717) is 10.1 Å². The Morgan fingerprint density at radius 3 is 2.61 bits per heavy atom. The van der Waals surface area contributed by atoms with Crippen molar-refractivity contribution in [3.05, 3.63) is 51.7 Å². The molecule has 1 aromatic heterocycles. The molecule has 0 amide bonds. The molecule has 0 aliphatic heterocycles. The van der Waals surface area contributed by atoms with Gasteiger partial charge in [0.05, 0.1) is 4.70 Å². The lowest BCUT2D eigenvalue weighted by atomic mass is 10.1. The molecule has 90 valence electrons. The van der Waals surface area contributed by atoms with Crippen LogP contribution < -0.4 is 5.43 Å². The van der Waals surface area contributed by atoms with E-state index in [4.69, 9.17) is 0 Å². The van der Waals surface area contributed by atoms with Crippen molar-refractivity contribution in [2.45, 2.75) is 13.8 Å². The van der Waals surface area contributed by atoms with Crippen LogP contribution in [0.1, 0.15) is 11.1 Å². The number of rotatable bonds is 0. The van der Waals surface area contributed by atoms with Gasteiger partial charge < -0.3 is 5.11 Å². The minimum Gasteiger partial charge on any atom is -0.506 e. The van der Waals surface area contributed by atoms with Gasteiger partial charge in [-0.3, -0.25) is 4.79 Å². The van der Waals surface area contributed by atoms with E-state index in [9.17, 15) is 9.90 Å². The summed E-state index contributed by atoms with van der Waals surface area (Å²) in [6, 6.07) is 9.39. The molecule has 1 heterocycles. The highest BCUT2D eigenvalue weighted by molar-refractivity contribution is 7.24. The summed E-state index contributed by atoms with van der Waals surface area (Å²) in [6.07, 6.45) is 0. The standard InChI is InChI=1S/C15H12O2S/c1-8-7-9(2)13(16)15-12(8)14(17)10-5-3-4-6-11(10)18-15/h3-7,16H,1-2H3. The van der Waals surface area contributed by atoms with Gasteiger partial charge in [-0.1, -0.05) is 18.2 Å². The molecule has 3 aromatic rings. The lowest BCUT2D eigenvalue weighted by Gasteiger charge is -2.08. The first-order valence-electron chi connectivity index (χ1n) is 5.74. The SMILES string of the molecule is Cc1cc(C)c2c(=O)c3ccccc3sc2c1O. The Kier molecular flexibility index (Phi) is 2.38. The average molecular weight is 256 g/mol. The van der Waals surface area contributed by atoms with Crippen LogP contribution in [0, 0.1) is 13.8 Å². The van der Waals surface area contributed by atoms with Crippen molar-refractivity contribution in [1.82, 2.24) is 0 Å². The minimum absolute atomic E-state index is 0.00662. The van der Waals surface area contributed by atoms with E-state index in [-0.39, 0.29) is 11.2 Å². The van der Waals surface area contributed by atoms with E-state index in [1.54, 1.807) is 0 Å². The van der Waals surface area contributed by atoms with E-state index in [2.05, 4.69) is 0 Å². The molecule has 0 aliphatic rings. The molecule has 18 heavy (non-hydrogen) atoms. The fourth-order valence-electron chi connectivity index (χ4n) is 2.31. The zero-order chi connectivity index (χ0) is 12.9. The van der Waals surface area contributed by atoms with E-state index in [0.717, 1.165) is 21.2 Å². The van der Waals surface area contributed by atoms with E-state index in [1.165, 1.54) is 11.3 Å². The van der Waals surface area contributed by atoms with Crippen molar-refractivity contribution < 1.29 is 5.11 Å². The van der Waals surface area contributed by atoms with Gasteiger partial charge in [-0.05, 0) is 37.1 Å². The molecule has 1 N–H and O–H groups in total. The average Bonchev–Trinajstić information content (AvgIpc) is 2.36. The number of fused-ring (bicyclic) bond motifs is 2. The Labute approximate surface area is 108 Å². The molecule has 0 radical (unpaired) electrons. The van der Waals surface area contributed by atoms with Gasteiger partial charge in [0.1, 0.15) is 5.75 Å². The van der Waals surface area contributed by atoms with Crippen molar-refractivity contribution in [1.29, 1.82) is 0 Å². The molecular formula is C15H12O2S. The van der Waals surface area contributed by atoms with E-state index >= 15 is 0 Å². The first-order chi connectivity index (χ1) is 8.59. The molecule has 0 saturated heterocycles. The Morgan fingerprint density at radius 2 is 1.83 bits per heavy atom. The largest absolute Gasteiger partial charge is 0.506 e. The molecular weight excluding hydrogens is 244 g/mol. The predicted molar refractivity (Wildman–Crippen MR) is 76.7 cm³/mol. The van der Waals surface area contributed by atoms with E-state index < -0.39 is 0 Å². The lowest BCUT2D eigenvalue weighted by molar-refractivity contribution is 0.478. The second kappa shape index (κ2) is 3.82. The van der Waals surface area contributed by atoms with Gasteiger partial charge in [-0.25, -0.2) is 0 Å². The first-order valence-corrected chi connectivity index (χ1v) is 6.56. The summed E-state index contributed by atoms with van der Waals surface area (Å²) in [5.74, 6) is 0.225. The van der Waals surface area contributed by atoms with Crippen molar-refractivity contribution in [3.63, 3.8) is 0 Å². The van der Waals surface area contributed by atoms with Crippen molar-refractivity contribution in [2.75, 3.05) is 0 Å². The third-order valence-electron chi connectivity index (χ3n) is 3.21. The maximum Gasteiger partial charge on any atom is 0.196 e. The number of hydrogen-bond acceptors (Lipinski definition) is 3. The van der Waals surface area contributed by atoms with Gasteiger partial charge in [0.2, 0.25) is 0 Å². The van der Waals surface area contributed by atoms with E-state index in [1.807, 2.05) is 44.2 Å². The van der Waals surface area contributed by atoms with Crippen LogP contribution in [0.3, 0.4) is 0 Å². The number of aryl methyl sites for hydroxylation is 2. The first kappa shape index (κ1) is 11.2. The monoisotopic (exact) mass is 256 g/mol. The van der Waals surface area contributed by atoms with Crippen molar-refractivity contribution in [2.24, 2.45) is 0 Å². The molecule has 0 aliphatic carbocycles. The van der Waals surface area contributed by atoms with Crippen LogP contribution in [0.15, 0.2) is 35.1 Å². The van der Waals surface area contributed by atoms with Crippen LogP contribution in [-0.4, -0.2) is 5.11 Å². The highest BCUT2D eigenvalue weighted by atomic mass is 32.1. The lowest BCUT2D eigenvalue weighted by Crippen LogP contribution is -2.03. The van der Waals surface area contributed by atoms with Gasteiger partial charge in [0.15, 0.2) is 5.43 Å². The molecule has 3 rings (SSSR count). The summed E-state index contributed by atoms with van der Waals surface area (Å²) < 4.78 is 1.60. The topological polar surface area (TPSA) is 37.3 Å². The molecule has 2 nitrogen and oxygen atoms in total. The molecule has 0 unspecified atom stereocenters. The quantitative estimate of drug-likeness (QED) is 0.622. The molecule has 0 fully saturated rings. The summed E-state index contributed by atoms with van der Waals surface area (Å²) in [5.41, 5.74) is 1.74. The van der Waals surface area contributed by atoms with Gasteiger partial charge in [0.25, 0.3) is 0 Å². The number of hydrogen-bond donors (Lipinski definition) is 1. The van der Waals surface area contributed by atoms with Crippen LogP contribution in [0.2, 0.25) is 0 Å². The van der Waals surface area contributed by atoms with Crippen LogP contribution >= 0.6 is 11.3 Å². The van der Waals surface area contributed by atoms with Gasteiger partial charge in [-0.15, -0.1) is 11.3 Å². The summed E-state index contributed by atoms with van der Waals surface area (Å²) in [4.78, 5) is 12.5. The number of phenols is 1. The Morgan fingerprint density at radius 1 is 1.11 bits per heavy atom. The van der Waals surface area contributed by atoms with Crippen LogP contribution in [0.25, 0.3) is 20.2 Å². The number of benzene rings is 2. The third kappa shape index (κ3) is 1.44. The summed E-state index contributed by atoms with van der Waals surface area (Å²) >= 11 is 1.47. The normalized spacial score (nSPS) is 11.2. The second-order valence-corrected chi connectivity index (χ2v) is 5.54. The number of aromatic hydroxyl groups is 1. The van der Waals surface area contributed by atoms with Crippen LogP contribution in [0.5, 0.6) is 5.75 Å². The highest BCUT2D eigenvalue weighted by Crippen LogP contribution is 2.35. The Hall–Kier alpha value is -1.87. The summed E-state index contributed by atoms with van der Waals surface area (Å²) in [7, 11) is 0. The van der Waals surface area contributed by atoms with Gasteiger partial charge in [0, 0.05) is 15.5 Å². The predicted octanol–water partition coefficient (Wildman–Crippen LogP) is 3.74. The Balaban J connectivity index is 2.69. The maximum atomic E-state index is 12.5. The maximum absolute atomic E-state index is 12.5. The van der Waals surface area contributed by atoms with Crippen molar-refractivity contribution in [3.8, 4) is 5.75 Å². The molecule has 0 bridgehead atoms. The van der Waals surface area contributed by atoms with Gasteiger partial charge in [-0.2, -0.15) is 0 Å². The summed E-state index contributed by atoms with van der Waals surface area (Å²) in [5, 5.41) is 11.5. The zero-order valence-electron chi connectivity index (χ0n) is 10.2. The summed E-state index contributed by atoms with van der Waals surface area (Å²) in [6.45, 7) is 3.77. The van der Waals surface area contributed by atoms with Crippen LogP contribution in [-0.2, 0) is 0 Å². The second-order valence-electron chi connectivity index (χ2n) is 4.49. The highest BCUT2D eigenvalue weighted by Gasteiger charge is 2.13. The fraction of sp³-hybridized carbons (Fsp3) is 0.133. The number of phenolic OH excluding ortho intramolecular Hbond substituents is 1. The zero-order valence-corrected chi connectivity index (χ0v) is 11.0. The van der Waals surface area contributed by atoms with Crippen molar-refractivity contribution >= 4 is 31.5 Å². The fourth-order valence-corrected chi connectivity index (χ4v) is 3.56. The Bertz CT molecular complexity index is 831. The third-order valence-corrected chi connectivity index (χ3v) is 4.39. The minimum atomic E-state index is 0.00662. The molecule has 0 spiro atoms. The molecule has 2 aromatic carbocycles. The molecule has 0 saturated carbocycles. The van der Waals surface area contributed by atoms with Crippen LogP contribution in [0.4, 0.5) is 0 Å². The molecule has 0 atom stereocenters. The molecule has 3 heteroatoms. The van der Waals surface area contributed by atoms with Gasteiger partial charge >= 0.3 is 0 Å². The smallest absolute Gasteiger partial charge is 0.196 e.